The highest BCUT2D eigenvalue weighted by atomic mass is 16.0. The van der Waals surface area contributed by atoms with E-state index >= 15 is 0 Å². The zero-order chi connectivity index (χ0) is 13.7. The molecule has 1 atom stereocenters. The maximum atomic E-state index is 6.29. The molecule has 2 heteroatoms. The van der Waals surface area contributed by atoms with Crippen LogP contribution in [0.4, 0.5) is 0 Å². The fraction of sp³-hybridized carbons (Fsp3) is 0.158. The molecule has 4 aromatic rings. The average molecular weight is 277 g/mol. The monoisotopic (exact) mass is 277 g/mol. The van der Waals surface area contributed by atoms with Crippen LogP contribution < -0.4 is 5.73 Å². The van der Waals surface area contributed by atoms with E-state index in [1.807, 2.05) is 0 Å². The van der Waals surface area contributed by atoms with Crippen molar-refractivity contribution in [3.8, 4) is 0 Å². The van der Waals surface area contributed by atoms with Crippen molar-refractivity contribution in [3.05, 3.63) is 60.2 Å². The zero-order valence-corrected chi connectivity index (χ0v) is 12.1. The van der Waals surface area contributed by atoms with Gasteiger partial charge in [-0.2, -0.15) is 0 Å². The van der Waals surface area contributed by atoms with E-state index in [1.54, 1.807) is 0 Å². The second-order valence-corrected chi connectivity index (χ2v) is 5.53. The standard InChI is InChI=1S/C19H17N.H2O/c1-2-17(20)15-10-8-14-7-6-12-4-3-5-13-9-11-16(15)19(14)18(12)13;/h3-11,17H,2,20H2,1H3;1H2. The Labute approximate surface area is 123 Å². The minimum atomic E-state index is 0. The van der Waals surface area contributed by atoms with Crippen LogP contribution in [0.15, 0.2) is 54.6 Å². The predicted octanol–water partition coefficient (Wildman–Crippen LogP) is 4.17. The number of rotatable bonds is 2. The molecule has 2 nitrogen and oxygen atoms in total. The van der Waals surface area contributed by atoms with Crippen molar-refractivity contribution < 1.29 is 5.48 Å². The van der Waals surface area contributed by atoms with Gasteiger partial charge in [-0.3, -0.25) is 0 Å². The van der Waals surface area contributed by atoms with E-state index < -0.39 is 0 Å². The van der Waals surface area contributed by atoms with Crippen LogP contribution in [0, 0.1) is 0 Å². The molecule has 1 unspecified atom stereocenters. The Morgan fingerprint density at radius 1 is 0.810 bits per heavy atom. The van der Waals surface area contributed by atoms with Gasteiger partial charge in [0, 0.05) is 6.04 Å². The molecular weight excluding hydrogens is 258 g/mol. The fourth-order valence-electron chi connectivity index (χ4n) is 3.30. The van der Waals surface area contributed by atoms with Gasteiger partial charge in [-0.05, 0) is 44.3 Å². The van der Waals surface area contributed by atoms with Crippen LogP contribution >= 0.6 is 0 Å². The summed E-state index contributed by atoms with van der Waals surface area (Å²) in [7, 11) is 0. The van der Waals surface area contributed by atoms with Crippen LogP contribution in [0.3, 0.4) is 0 Å². The summed E-state index contributed by atoms with van der Waals surface area (Å²) in [4.78, 5) is 0. The summed E-state index contributed by atoms with van der Waals surface area (Å²) in [5.74, 6) is 0. The van der Waals surface area contributed by atoms with Crippen LogP contribution in [0.25, 0.3) is 32.3 Å². The summed E-state index contributed by atoms with van der Waals surface area (Å²) in [6.07, 6.45) is 0.962. The van der Waals surface area contributed by atoms with Crippen LogP contribution in [-0.2, 0) is 0 Å². The van der Waals surface area contributed by atoms with Gasteiger partial charge >= 0.3 is 0 Å². The number of hydrogen-bond donors (Lipinski definition) is 1. The molecule has 4 aromatic carbocycles. The lowest BCUT2D eigenvalue weighted by atomic mass is 9.89. The molecule has 0 aliphatic carbocycles. The fourth-order valence-corrected chi connectivity index (χ4v) is 3.30. The van der Waals surface area contributed by atoms with Crippen molar-refractivity contribution in [1.29, 1.82) is 0 Å². The SMILES string of the molecule is CCC(N)c1ccc2ccc3cccc4ccc1c2c34.O. The van der Waals surface area contributed by atoms with E-state index in [9.17, 15) is 0 Å². The van der Waals surface area contributed by atoms with Gasteiger partial charge < -0.3 is 11.2 Å². The van der Waals surface area contributed by atoms with Crippen molar-refractivity contribution in [3.63, 3.8) is 0 Å². The summed E-state index contributed by atoms with van der Waals surface area (Å²) in [6.45, 7) is 2.14. The zero-order valence-electron chi connectivity index (χ0n) is 12.1. The lowest BCUT2D eigenvalue weighted by molar-refractivity contribution is 0.704. The summed E-state index contributed by atoms with van der Waals surface area (Å²) in [5, 5.41) is 7.96. The van der Waals surface area contributed by atoms with Crippen LogP contribution in [-0.4, -0.2) is 5.48 Å². The minimum absolute atomic E-state index is 0. The Morgan fingerprint density at radius 2 is 1.38 bits per heavy atom. The van der Waals surface area contributed by atoms with Gasteiger partial charge in [0.1, 0.15) is 0 Å². The van der Waals surface area contributed by atoms with E-state index in [1.165, 1.54) is 37.9 Å². The van der Waals surface area contributed by atoms with E-state index in [0.29, 0.717) is 0 Å². The largest absolute Gasteiger partial charge is 0.412 e. The molecule has 21 heavy (non-hydrogen) atoms. The minimum Gasteiger partial charge on any atom is -0.412 e. The lowest BCUT2D eigenvalue weighted by Crippen LogP contribution is -2.09. The first-order valence-electron chi connectivity index (χ1n) is 7.21. The van der Waals surface area contributed by atoms with Gasteiger partial charge in [-0.25, -0.2) is 0 Å². The molecule has 0 aromatic heterocycles. The average Bonchev–Trinajstić information content (AvgIpc) is 2.51. The van der Waals surface area contributed by atoms with Crippen molar-refractivity contribution in [2.24, 2.45) is 5.73 Å². The number of nitrogens with two attached hydrogens (primary N) is 1. The normalized spacial score (nSPS) is 12.9. The van der Waals surface area contributed by atoms with Crippen LogP contribution in [0.1, 0.15) is 24.9 Å². The molecular formula is C19H19NO. The van der Waals surface area contributed by atoms with Crippen molar-refractivity contribution in [1.82, 2.24) is 0 Å². The molecule has 4 rings (SSSR count). The Balaban J connectivity index is 0.00000132. The Morgan fingerprint density at radius 3 is 2.05 bits per heavy atom. The van der Waals surface area contributed by atoms with Gasteiger partial charge in [-0.15, -0.1) is 0 Å². The van der Waals surface area contributed by atoms with Gasteiger partial charge in [0.05, 0.1) is 0 Å². The molecule has 0 heterocycles. The maximum Gasteiger partial charge on any atom is 0.0298 e. The molecule has 106 valence electrons. The topological polar surface area (TPSA) is 57.5 Å². The third-order valence-corrected chi connectivity index (χ3v) is 4.40. The van der Waals surface area contributed by atoms with E-state index in [4.69, 9.17) is 5.73 Å². The number of hydrogen-bond acceptors (Lipinski definition) is 1. The summed E-state index contributed by atoms with van der Waals surface area (Å²) < 4.78 is 0. The molecule has 4 N–H and O–H groups in total. The molecule has 0 saturated carbocycles. The van der Waals surface area contributed by atoms with Crippen LogP contribution in [0.2, 0.25) is 0 Å². The van der Waals surface area contributed by atoms with Crippen molar-refractivity contribution >= 4 is 32.3 Å². The quantitative estimate of drug-likeness (QED) is 0.549. The number of benzene rings is 4. The smallest absolute Gasteiger partial charge is 0.0298 e. The molecule has 0 spiro atoms. The molecule has 0 bridgehead atoms. The second kappa shape index (κ2) is 4.99. The molecule has 0 aliphatic heterocycles. The predicted molar refractivity (Wildman–Crippen MR) is 91.0 cm³/mol. The van der Waals surface area contributed by atoms with Gasteiger partial charge in [0.25, 0.3) is 0 Å². The van der Waals surface area contributed by atoms with E-state index in [2.05, 4.69) is 61.5 Å². The van der Waals surface area contributed by atoms with Crippen molar-refractivity contribution in [2.45, 2.75) is 19.4 Å². The summed E-state index contributed by atoms with van der Waals surface area (Å²) in [5.41, 5.74) is 7.55. The molecule has 0 saturated heterocycles. The highest BCUT2D eigenvalue weighted by molar-refractivity contribution is 6.23. The highest BCUT2D eigenvalue weighted by Gasteiger charge is 2.13. The molecule has 0 radical (unpaired) electrons. The molecule has 0 fully saturated rings. The van der Waals surface area contributed by atoms with E-state index in [0.717, 1.165) is 6.42 Å². The van der Waals surface area contributed by atoms with Crippen LogP contribution in [0.5, 0.6) is 0 Å². The third kappa shape index (κ3) is 1.88. The third-order valence-electron chi connectivity index (χ3n) is 4.40. The first-order valence-corrected chi connectivity index (χ1v) is 7.21. The Kier molecular flexibility index (Phi) is 3.28. The van der Waals surface area contributed by atoms with Gasteiger partial charge in [0.2, 0.25) is 0 Å². The Bertz CT molecular complexity index is 897. The van der Waals surface area contributed by atoms with Gasteiger partial charge in [-0.1, -0.05) is 61.5 Å². The lowest BCUT2D eigenvalue weighted by Gasteiger charge is -2.17. The first kappa shape index (κ1) is 13.8. The molecule has 0 aliphatic rings. The first-order chi connectivity index (χ1) is 9.79. The highest BCUT2D eigenvalue weighted by Crippen LogP contribution is 2.37. The molecule has 0 amide bonds. The maximum absolute atomic E-state index is 6.29. The summed E-state index contributed by atoms with van der Waals surface area (Å²) >= 11 is 0. The second-order valence-electron chi connectivity index (χ2n) is 5.53. The van der Waals surface area contributed by atoms with Gasteiger partial charge in [0.15, 0.2) is 0 Å². The van der Waals surface area contributed by atoms with Crippen molar-refractivity contribution in [2.75, 3.05) is 0 Å². The van der Waals surface area contributed by atoms with E-state index in [-0.39, 0.29) is 11.5 Å². The summed E-state index contributed by atoms with van der Waals surface area (Å²) in [6, 6.07) is 19.9. The Hall–Kier alpha value is -2.16.